The summed E-state index contributed by atoms with van der Waals surface area (Å²) in [5, 5.41) is 3.41. The van der Waals surface area contributed by atoms with E-state index in [1.54, 1.807) is 0 Å². The maximum absolute atomic E-state index is 13.0. The van der Waals surface area contributed by atoms with Crippen LogP contribution in [-0.2, 0) is 11.2 Å². The molecule has 0 aliphatic carbocycles. The van der Waals surface area contributed by atoms with Crippen LogP contribution in [0, 0.1) is 11.8 Å². The summed E-state index contributed by atoms with van der Waals surface area (Å²) in [7, 11) is 0. The molecule has 0 radical (unpaired) electrons. The van der Waals surface area contributed by atoms with Gasteiger partial charge in [-0.2, -0.15) is 0 Å². The fourth-order valence-corrected chi connectivity index (χ4v) is 3.04. The number of rotatable bonds is 5. The Kier molecular flexibility index (Phi) is 5.40. The maximum atomic E-state index is 13.0. The highest BCUT2D eigenvalue weighted by Gasteiger charge is 2.30. The number of amides is 1. The number of hydrogen-bond acceptors (Lipinski definition) is 2. The zero-order valence-corrected chi connectivity index (χ0v) is 13.7. The summed E-state index contributed by atoms with van der Waals surface area (Å²) in [4.78, 5) is 15.0. The fraction of sp³-hybridized carbons (Fsp3) is 0.611. The van der Waals surface area contributed by atoms with E-state index in [-0.39, 0.29) is 11.9 Å². The number of nitrogens with zero attached hydrogens (tertiary/aromatic N) is 1. The van der Waals surface area contributed by atoms with Gasteiger partial charge in [0.15, 0.2) is 0 Å². The molecule has 3 nitrogen and oxygen atoms in total. The number of nitrogens with one attached hydrogen (secondary N) is 1. The second-order valence-corrected chi connectivity index (χ2v) is 6.87. The normalized spacial score (nSPS) is 17.9. The quantitative estimate of drug-likeness (QED) is 0.903. The molecule has 1 aliphatic rings. The van der Waals surface area contributed by atoms with Crippen molar-refractivity contribution in [3.8, 4) is 0 Å². The molecule has 2 rings (SSSR count). The van der Waals surface area contributed by atoms with E-state index in [1.807, 2.05) is 11.0 Å². The van der Waals surface area contributed by atoms with Gasteiger partial charge in [-0.25, -0.2) is 0 Å². The van der Waals surface area contributed by atoms with Crippen LogP contribution in [0.1, 0.15) is 44.9 Å². The van der Waals surface area contributed by atoms with Crippen LogP contribution in [0.3, 0.4) is 0 Å². The summed E-state index contributed by atoms with van der Waals surface area (Å²) in [6, 6.07) is 8.15. The van der Waals surface area contributed by atoms with Crippen LogP contribution in [0.4, 0.5) is 0 Å². The lowest BCUT2D eigenvalue weighted by Gasteiger charge is -2.33. The van der Waals surface area contributed by atoms with Gasteiger partial charge in [0.05, 0.1) is 0 Å². The third-order valence-electron chi connectivity index (χ3n) is 3.84. The Bertz CT molecular complexity index is 472. The maximum Gasteiger partial charge on any atom is 0.244 e. The molecule has 1 unspecified atom stereocenters. The average Bonchev–Trinajstić information content (AvgIpc) is 2.44. The standard InChI is InChI=1S/C18H28N2O/c1-13(2)11-20(12-14(3)4)18(21)17-16-8-6-5-7-15(16)9-10-19-17/h5-8,13-14,17,19H,9-12H2,1-4H3. The number of benzene rings is 1. The summed E-state index contributed by atoms with van der Waals surface area (Å²) in [5.74, 6) is 1.21. The van der Waals surface area contributed by atoms with Crippen molar-refractivity contribution < 1.29 is 4.79 Å². The largest absolute Gasteiger partial charge is 0.341 e. The Morgan fingerprint density at radius 2 is 1.81 bits per heavy atom. The predicted molar refractivity (Wildman–Crippen MR) is 87.1 cm³/mol. The van der Waals surface area contributed by atoms with E-state index in [0.717, 1.165) is 31.6 Å². The van der Waals surface area contributed by atoms with Crippen molar-refractivity contribution in [1.29, 1.82) is 0 Å². The lowest BCUT2D eigenvalue weighted by molar-refractivity contribution is -0.134. The van der Waals surface area contributed by atoms with Crippen molar-refractivity contribution in [3.63, 3.8) is 0 Å². The Morgan fingerprint density at radius 3 is 2.43 bits per heavy atom. The molecule has 1 heterocycles. The van der Waals surface area contributed by atoms with Gasteiger partial charge in [0.2, 0.25) is 5.91 Å². The summed E-state index contributed by atoms with van der Waals surface area (Å²) in [6.07, 6.45) is 1.01. The first-order valence-electron chi connectivity index (χ1n) is 8.09. The first-order valence-corrected chi connectivity index (χ1v) is 8.09. The highest BCUT2D eigenvalue weighted by molar-refractivity contribution is 5.84. The SMILES string of the molecule is CC(C)CN(CC(C)C)C(=O)C1NCCc2ccccc21. The van der Waals surface area contributed by atoms with Gasteiger partial charge in [-0.05, 0) is 29.4 Å². The Morgan fingerprint density at radius 1 is 1.19 bits per heavy atom. The molecule has 116 valence electrons. The van der Waals surface area contributed by atoms with Crippen LogP contribution in [0.15, 0.2) is 24.3 Å². The van der Waals surface area contributed by atoms with Crippen molar-refractivity contribution in [2.24, 2.45) is 11.8 Å². The Labute approximate surface area is 128 Å². The molecule has 0 saturated heterocycles. The molecule has 1 aliphatic heterocycles. The highest BCUT2D eigenvalue weighted by Crippen LogP contribution is 2.25. The molecule has 1 aromatic carbocycles. The van der Waals surface area contributed by atoms with Crippen molar-refractivity contribution in [1.82, 2.24) is 10.2 Å². The minimum absolute atomic E-state index is 0.174. The van der Waals surface area contributed by atoms with Crippen molar-refractivity contribution in [2.75, 3.05) is 19.6 Å². The van der Waals surface area contributed by atoms with Crippen molar-refractivity contribution in [3.05, 3.63) is 35.4 Å². The lowest BCUT2D eigenvalue weighted by Crippen LogP contribution is -2.46. The minimum atomic E-state index is -0.174. The van der Waals surface area contributed by atoms with Crippen LogP contribution in [0.25, 0.3) is 0 Å². The van der Waals surface area contributed by atoms with Crippen LogP contribution in [-0.4, -0.2) is 30.4 Å². The monoisotopic (exact) mass is 288 g/mol. The van der Waals surface area contributed by atoms with Gasteiger partial charge in [-0.15, -0.1) is 0 Å². The van der Waals surface area contributed by atoms with E-state index in [2.05, 4.69) is 51.2 Å². The highest BCUT2D eigenvalue weighted by atomic mass is 16.2. The van der Waals surface area contributed by atoms with Gasteiger partial charge in [0.25, 0.3) is 0 Å². The molecular weight excluding hydrogens is 260 g/mol. The Hall–Kier alpha value is -1.35. The van der Waals surface area contributed by atoms with E-state index in [1.165, 1.54) is 5.56 Å². The number of fused-ring (bicyclic) bond motifs is 1. The average molecular weight is 288 g/mol. The van der Waals surface area contributed by atoms with Crippen molar-refractivity contribution in [2.45, 2.75) is 40.2 Å². The summed E-state index contributed by atoms with van der Waals surface area (Å²) < 4.78 is 0. The lowest BCUT2D eigenvalue weighted by atomic mass is 9.93. The second kappa shape index (κ2) is 7.08. The molecule has 0 fully saturated rings. The molecule has 1 atom stereocenters. The topological polar surface area (TPSA) is 32.3 Å². The summed E-state index contributed by atoms with van der Waals surface area (Å²) >= 11 is 0. The summed E-state index contributed by atoms with van der Waals surface area (Å²) in [6.45, 7) is 11.2. The van der Waals surface area contributed by atoms with Gasteiger partial charge >= 0.3 is 0 Å². The van der Waals surface area contributed by atoms with Gasteiger partial charge in [0, 0.05) is 19.6 Å². The summed E-state index contributed by atoms with van der Waals surface area (Å²) in [5.41, 5.74) is 2.47. The van der Waals surface area contributed by atoms with Crippen LogP contribution in [0.5, 0.6) is 0 Å². The number of carbonyl (C=O) groups is 1. The first-order chi connectivity index (χ1) is 9.99. The van der Waals surface area contributed by atoms with Gasteiger partial charge in [0.1, 0.15) is 6.04 Å². The molecule has 0 spiro atoms. The first kappa shape index (κ1) is 16.0. The van der Waals surface area contributed by atoms with Gasteiger partial charge in [-0.3, -0.25) is 4.79 Å². The smallest absolute Gasteiger partial charge is 0.244 e. The minimum Gasteiger partial charge on any atom is -0.341 e. The fourth-order valence-electron chi connectivity index (χ4n) is 3.04. The molecule has 0 bridgehead atoms. The number of hydrogen-bond donors (Lipinski definition) is 1. The molecule has 0 aromatic heterocycles. The molecule has 1 N–H and O–H groups in total. The van der Waals surface area contributed by atoms with Crippen LogP contribution >= 0.6 is 0 Å². The predicted octanol–water partition coefficient (Wildman–Crippen LogP) is 3.01. The van der Waals surface area contributed by atoms with Crippen LogP contribution < -0.4 is 5.32 Å². The third kappa shape index (κ3) is 4.07. The van der Waals surface area contributed by atoms with E-state index in [4.69, 9.17) is 0 Å². The zero-order chi connectivity index (χ0) is 15.4. The second-order valence-electron chi connectivity index (χ2n) is 6.87. The molecule has 21 heavy (non-hydrogen) atoms. The molecule has 1 amide bonds. The third-order valence-corrected chi connectivity index (χ3v) is 3.84. The molecule has 0 saturated carbocycles. The van der Waals surface area contributed by atoms with Gasteiger partial charge in [-0.1, -0.05) is 52.0 Å². The number of carbonyl (C=O) groups excluding carboxylic acids is 1. The van der Waals surface area contributed by atoms with E-state index >= 15 is 0 Å². The zero-order valence-electron chi connectivity index (χ0n) is 13.7. The molecule has 3 heteroatoms. The van der Waals surface area contributed by atoms with Crippen molar-refractivity contribution >= 4 is 5.91 Å². The molecule has 1 aromatic rings. The van der Waals surface area contributed by atoms with Gasteiger partial charge < -0.3 is 10.2 Å². The molecular formula is C18H28N2O. The Balaban J connectivity index is 2.21. The van der Waals surface area contributed by atoms with Crippen LogP contribution in [0.2, 0.25) is 0 Å². The van der Waals surface area contributed by atoms with E-state index in [0.29, 0.717) is 11.8 Å². The van der Waals surface area contributed by atoms with E-state index in [9.17, 15) is 4.79 Å². The van der Waals surface area contributed by atoms with E-state index < -0.39 is 0 Å².